The number of nitrogens with zero attached hydrogens (tertiary/aromatic N) is 5. The maximum absolute atomic E-state index is 12.8. The Morgan fingerprint density at radius 1 is 1.03 bits per heavy atom. The van der Waals surface area contributed by atoms with Crippen molar-refractivity contribution < 1.29 is 4.79 Å². The van der Waals surface area contributed by atoms with E-state index in [1.54, 1.807) is 30.7 Å². The first kappa shape index (κ1) is 21.4. The molecule has 0 N–H and O–H groups in total. The summed E-state index contributed by atoms with van der Waals surface area (Å²) in [6.45, 7) is 7.73. The van der Waals surface area contributed by atoms with Gasteiger partial charge < -0.3 is 4.90 Å². The van der Waals surface area contributed by atoms with Gasteiger partial charge in [0.25, 0.3) is 5.91 Å². The minimum atomic E-state index is -0.135. The second-order valence-corrected chi connectivity index (χ2v) is 9.30. The number of aromatic nitrogens is 4. The number of piperidine rings is 1. The number of amides is 1. The Bertz CT molecular complexity index is 1060. The topological polar surface area (TPSA) is 71.9 Å². The van der Waals surface area contributed by atoms with Crippen LogP contribution in [-0.4, -0.2) is 43.8 Å². The fourth-order valence-electron chi connectivity index (χ4n) is 3.86. The Balaban J connectivity index is 1.58. The maximum Gasteiger partial charge on any atom is 0.255 e. The second-order valence-electron chi connectivity index (χ2n) is 8.91. The molecule has 1 saturated heterocycles. The summed E-state index contributed by atoms with van der Waals surface area (Å²) in [6, 6.07) is 7.36. The van der Waals surface area contributed by atoms with Crippen LogP contribution in [0.15, 0.2) is 49.1 Å². The first-order valence-corrected chi connectivity index (χ1v) is 10.9. The lowest BCUT2D eigenvalue weighted by molar-refractivity contribution is 0.0711. The number of hydrogen-bond donors (Lipinski definition) is 0. The Morgan fingerprint density at radius 3 is 2.35 bits per heavy atom. The van der Waals surface area contributed by atoms with E-state index in [9.17, 15) is 4.79 Å². The van der Waals surface area contributed by atoms with Crippen LogP contribution in [0.1, 0.15) is 61.4 Å². The Hall–Kier alpha value is -2.86. The van der Waals surface area contributed by atoms with Crippen LogP contribution in [0.25, 0.3) is 11.1 Å². The SMILES string of the molecule is CC(C)(C)c1ncc(-c2ccncc2)c(C2CCN(C(=O)c3ccc(Cl)nc3)CC2)n1. The van der Waals surface area contributed by atoms with Gasteiger partial charge in [0.2, 0.25) is 0 Å². The number of carbonyl (C=O) groups excluding carboxylic acids is 1. The van der Waals surface area contributed by atoms with Gasteiger partial charge in [0.15, 0.2) is 0 Å². The van der Waals surface area contributed by atoms with Crippen molar-refractivity contribution in [2.75, 3.05) is 13.1 Å². The molecule has 4 rings (SSSR count). The van der Waals surface area contributed by atoms with E-state index < -0.39 is 0 Å². The molecule has 1 aliphatic rings. The Morgan fingerprint density at radius 2 is 1.74 bits per heavy atom. The van der Waals surface area contributed by atoms with Crippen LogP contribution < -0.4 is 0 Å². The molecule has 1 amide bonds. The Kier molecular flexibility index (Phi) is 6.01. The second kappa shape index (κ2) is 8.71. The Labute approximate surface area is 187 Å². The van der Waals surface area contributed by atoms with E-state index in [0.717, 1.165) is 35.5 Å². The van der Waals surface area contributed by atoms with Gasteiger partial charge in [0.05, 0.1) is 11.3 Å². The maximum atomic E-state index is 12.8. The van der Waals surface area contributed by atoms with Gasteiger partial charge in [-0.1, -0.05) is 32.4 Å². The molecule has 0 saturated carbocycles. The van der Waals surface area contributed by atoms with Crippen molar-refractivity contribution in [3.05, 3.63) is 71.3 Å². The average molecular weight is 436 g/mol. The van der Waals surface area contributed by atoms with Crippen LogP contribution in [-0.2, 0) is 5.41 Å². The molecule has 7 heteroatoms. The van der Waals surface area contributed by atoms with E-state index in [4.69, 9.17) is 16.6 Å². The third-order valence-corrected chi connectivity index (χ3v) is 5.85. The molecular formula is C24H26ClN5O. The number of halogens is 1. The lowest BCUT2D eigenvalue weighted by atomic mass is 9.87. The molecule has 0 radical (unpaired) electrons. The summed E-state index contributed by atoms with van der Waals surface area (Å²) in [7, 11) is 0. The zero-order chi connectivity index (χ0) is 22.0. The summed E-state index contributed by atoms with van der Waals surface area (Å²) >= 11 is 5.85. The molecule has 0 atom stereocenters. The number of hydrogen-bond acceptors (Lipinski definition) is 5. The van der Waals surface area contributed by atoms with Crippen LogP contribution in [0.2, 0.25) is 5.15 Å². The summed E-state index contributed by atoms with van der Waals surface area (Å²) in [6.07, 6.45) is 8.76. The molecule has 0 unspecified atom stereocenters. The highest BCUT2D eigenvalue weighted by molar-refractivity contribution is 6.29. The van der Waals surface area contributed by atoms with Gasteiger partial charge in [-0.2, -0.15) is 0 Å². The van der Waals surface area contributed by atoms with Crippen molar-refractivity contribution in [1.29, 1.82) is 0 Å². The molecule has 0 aromatic carbocycles. The van der Waals surface area contributed by atoms with Crippen molar-refractivity contribution in [2.45, 2.75) is 44.9 Å². The highest BCUT2D eigenvalue weighted by Gasteiger charge is 2.29. The van der Waals surface area contributed by atoms with Crippen LogP contribution >= 0.6 is 11.6 Å². The molecular weight excluding hydrogens is 410 g/mol. The summed E-state index contributed by atoms with van der Waals surface area (Å²) < 4.78 is 0. The van der Waals surface area contributed by atoms with Crippen molar-refractivity contribution in [3.8, 4) is 11.1 Å². The highest BCUT2D eigenvalue weighted by atomic mass is 35.5. The zero-order valence-corrected chi connectivity index (χ0v) is 18.8. The van der Waals surface area contributed by atoms with E-state index in [1.807, 2.05) is 23.2 Å². The normalized spacial score (nSPS) is 15.2. The molecule has 0 aliphatic carbocycles. The standard InChI is InChI=1S/C24H26ClN5O/c1-24(2,3)23-28-15-19(16-6-10-26-11-7-16)21(29-23)17-8-12-30(13-9-17)22(31)18-4-5-20(25)27-14-18/h4-7,10-11,14-15,17H,8-9,12-13H2,1-3H3. The van der Waals surface area contributed by atoms with E-state index in [-0.39, 0.29) is 17.2 Å². The van der Waals surface area contributed by atoms with Gasteiger partial charge in [0, 0.05) is 54.8 Å². The number of pyridine rings is 2. The van der Waals surface area contributed by atoms with Crippen LogP contribution in [0.4, 0.5) is 0 Å². The molecule has 3 aromatic heterocycles. The lowest BCUT2D eigenvalue weighted by Crippen LogP contribution is -2.38. The summed E-state index contributed by atoms with van der Waals surface area (Å²) in [5.41, 5.74) is 3.60. The first-order valence-electron chi connectivity index (χ1n) is 10.5. The lowest BCUT2D eigenvalue weighted by Gasteiger charge is -2.33. The molecule has 31 heavy (non-hydrogen) atoms. The average Bonchev–Trinajstić information content (AvgIpc) is 2.79. The zero-order valence-electron chi connectivity index (χ0n) is 18.0. The van der Waals surface area contributed by atoms with Crippen LogP contribution in [0.5, 0.6) is 0 Å². The third kappa shape index (κ3) is 4.74. The molecule has 4 heterocycles. The van der Waals surface area contributed by atoms with Crippen molar-refractivity contribution in [1.82, 2.24) is 24.8 Å². The van der Waals surface area contributed by atoms with E-state index in [1.165, 1.54) is 0 Å². The van der Waals surface area contributed by atoms with Gasteiger partial charge in [-0.05, 0) is 42.7 Å². The smallest absolute Gasteiger partial charge is 0.255 e. The summed E-state index contributed by atoms with van der Waals surface area (Å²) in [4.78, 5) is 32.6. The van der Waals surface area contributed by atoms with Gasteiger partial charge in [-0.3, -0.25) is 9.78 Å². The monoisotopic (exact) mass is 435 g/mol. The molecule has 0 bridgehead atoms. The van der Waals surface area contributed by atoms with Crippen molar-refractivity contribution >= 4 is 17.5 Å². The van der Waals surface area contributed by atoms with E-state index in [0.29, 0.717) is 23.8 Å². The first-order chi connectivity index (χ1) is 14.8. The molecule has 1 aliphatic heterocycles. The fraction of sp³-hybridized carbons (Fsp3) is 0.375. The minimum Gasteiger partial charge on any atom is -0.339 e. The molecule has 1 fully saturated rings. The van der Waals surface area contributed by atoms with Gasteiger partial charge in [-0.25, -0.2) is 15.0 Å². The predicted octanol–water partition coefficient (Wildman–Crippen LogP) is 4.90. The number of likely N-dealkylation sites (tertiary alicyclic amines) is 1. The predicted molar refractivity (Wildman–Crippen MR) is 121 cm³/mol. The van der Waals surface area contributed by atoms with E-state index in [2.05, 4.69) is 35.7 Å². The summed E-state index contributed by atoms with van der Waals surface area (Å²) in [5.74, 6) is 1.10. The van der Waals surface area contributed by atoms with Crippen LogP contribution in [0.3, 0.4) is 0 Å². The van der Waals surface area contributed by atoms with Crippen molar-refractivity contribution in [2.24, 2.45) is 0 Å². The molecule has 6 nitrogen and oxygen atoms in total. The minimum absolute atomic E-state index is 0.00459. The highest BCUT2D eigenvalue weighted by Crippen LogP contribution is 2.35. The number of rotatable bonds is 3. The largest absolute Gasteiger partial charge is 0.339 e. The molecule has 0 spiro atoms. The van der Waals surface area contributed by atoms with Gasteiger partial charge >= 0.3 is 0 Å². The van der Waals surface area contributed by atoms with Crippen molar-refractivity contribution in [3.63, 3.8) is 0 Å². The number of carbonyl (C=O) groups is 1. The van der Waals surface area contributed by atoms with Crippen LogP contribution in [0, 0.1) is 0 Å². The quantitative estimate of drug-likeness (QED) is 0.547. The summed E-state index contributed by atoms with van der Waals surface area (Å²) in [5, 5.41) is 0.386. The fourth-order valence-corrected chi connectivity index (χ4v) is 3.97. The van der Waals surface area contributed by atoms with Gasteiger partial charge in [-0.15, -0.1) is 0 Å². The third-order valence-electron chi connectivity index (χ3n) is 5.62. The van der Waals surface area contributed by atoms with Gasteiger partial charge in [0.1, 0.15) is 11.0 Å². The molecule has 3 aromatic rings. The van der Waals surface area contributed by atoms with E-state index >= 15 is 0 Å². The molecule has 160 valence electrons.